The summed E-state index contributed by atoms with van der Waals surface area (Å²) in [4.78, 5) is 0. The summed E-state index contributed by atoms with van der Waals surface area (Å²) in [5.74, 6) is 4.31. The van der Waals surface area contributed by atoms with Gasteiger partial charge in [-0.05, 0) is 34.4 Å². The molecule has 0 fully saturated rings. The number of nitrogens with one attached hydrogen (secondary N) is 1. The van der Waals surface area contributed by atoms with Crippen molar-refractivity contribution in [1.82, 2.24) is 5.43 Å². The molecule has 1 heterocycles. The first-order chi connectivity index (χ1) is 9.67. The molecule has 0 aromatic heterocycles. The molecule has 0 saturated heterocycles. The van der Waals surface area contributed by atoms with E-state index in [1.807, 2.05) is 18.2 Å². The zero-order valence-electron chi connectivity index (χ0n) is 10.7. The normalized spacial score (nSPS) is 15.2. The maximum Gasteiger partial charge on any atom is 0.126 e. The van der Waals surface area contributed by atoms with Crippen LogP contribution < -0.4 is 11.3 Å². The number of nitrogens with two attached hydrogens (primary N) is 1. The highest BCUT2D eigenvalue weighted by molar-refractivity contribution is 5.39. The van der Waals surface area contributed by atoms with Crippen LogP contribution in [0.25, 0.3) is 0 Å². The number of hydrazine groups is 1. The van der Waals surface area contributed by atoms with E-state index in [0.717, 1.165) is 22.8 Å². The minimum Gasteiger partial charge on any atom is -0.372 e. The Morgan fingerprint density at radius 3 is 2.35 bits per heavy atom. The number of halogens is 2. The lowest BCUT2D eigenvalue weighted by molar-refractivity contribution is 0.134. The van der Waals surface area contributed by atoms with E-state index in [1.54, 1.807) is 0 Å². The average molecular weight is 276 g/mol. The summed E-state index contributed by atoms with van der Waals surface area (Å²) < 4.78 is 32.0. The number of hydrogen-bond donors (Lipinski definition) is 2. The third-order valence-electron chi connectivity index (χ3n) is 3.46. The number of hydrogen-bond acceptors (Lipinski definition) is 3. The Kier molecular flexibility index (Phi) is 3.48. The van der Waals surface area contributed by atoms with E-state index in [0.29, 0.717) is 18.8 Å². The molecule has 0 spiro atoms. The van der Waals surface area contributed by atoms with Gasteiger partial charge in [0.05, 0.1) is 19.3 Å². The van der Waals surface area contributed by atoms with Crippen molar-refractivity contribution in [3.63, 3.8) is 0 Å². The molecule has 2 aromatic carbocycles. The van der Waals surface area contributed by atoms with E-state index in [1.165, 1.54) is 12.1 Å². The van der Waals surface area contributed by atoms with Gasteiger partial charge in [0.15, 0.2) is 0 Å². The molecule has 20 heavy (non-hydrogen) atoms. The van der Waals surface area contributed by atoms with Crippen molar-refractivity contribution < 1.29 is 13.5 Å². The summed E-state index contributed by atoms with van der Waals surface area (Å²) in [6.07, 6.45) is 0. The number of rotatable bonds is 3. The first-order valence-corrected chi connectivity index (χ1v) is 6.29. The Hall–Kier alpha value is -1.82. The van der Waals surface area contributed by atoms with Gasteiger partial charge in [0.1, 0.15) is 11.6 Å². The summed E-state index contributed by atoms with van der Waals surface area (Å²) in [6.45, 7) is 1.16. The van der Waals surface area contributed by atoms with Crippen molar-refractivity contribution in [2.75, 3.05) is 0 Å². The highest BCUT2D eigenvalue weighted by Crippen LogP contribution is 2.27. The highest BCUT2D eigenvalue weighted by atomic mass is 19.1. The molecule has 0 saturated carbocycles. The summed E-state index contributed by atoms with van der Waals surface area (Å²) in [5.41, 5.74) is 6.12. The second-order valence-electron chi connectivity index (χ2n) is 4.82. The van der Waals surface area contributed by atoms with Gasteiger partial charge >= 0.3 is 0 Å². The fourth-order valence-corrected chi connectivity index (χ4v) is 2.50. The Morgan fingerprint density at radius 2 is 1.65 bits per heavy atom. The summed E-state index contributed by atoms with van der Waals surface area (Å²) in [5, 5.41) is 0. The quantitative estimate of drug-likeness (QED) is 0.669. The topological polar surface area (TPSA) is 47.3 Å². The average Bonchev–Trinajstić information content (AvgIpc) is 2.86. The molecular weight excluding hydrogens is 262 g/mol. The monoisotopic (exact) mass is 276 g/mol. The maximum absolute atomic E-state index is 13.3. The molecule has 0 amide bonds. The number of ether oxygens (including phenoxy) is 1. The van der Waals surface area contributed by atoms with Gasteiger partial charge in [-0.15, -0.1) is 0 Å². The third-order valence-corrected chi connectivity index (χ3v) is 3.46. The smallest absolute Gasteiger partial charge is 0.126 e. The lowest BCUT2D eigenvalue weighted by atomic mass is 9.96. The Balaban J connectivity index is 2.01. The van der Waals surface area contributed by atoms with Crippen LogP contribution in [-0.2, 0) is 18.0 Å². The molecule has 1 aliphatic rings. The lowest BCUT2D eigenvalue weighted by Gasteiger charge is -2.18. The van der Waals surface area contributed by atoms with Crippen molar-refractivity contribution in [1.29, 1.82) is 0 Å². The predicted octanol–water partition coefficient (Wildman–Crippen LogP) is 2.55. The Morgan fingerprint density at radius 1 is 0.950 bits per heavy atom. The second-order valence-corrected chi connectivity index (χ2v) is 4.82. The van der Waals surface area contributed by atoms with Crippen LogP contribution in [0.5, 0.6) is 0 Å². The molecule has 3 nitrogen and oxygen atoms in total. The van der Waals surface area contributed by atoms with Gasteiger partial charge in [-0.2, -0.15) is 0 Å². The van der Waals surface area contributed by atoms with Crippen LogP contribution in [0.1, 0.15) is 28.3 Å². The van der Waals surface area contributed by atoms with E-state index in [2.05, 4.69) is 5.43 Å². The number of benzene rings is 2. The SMILES string of the molecule is NNC(c1cc(F)cc(F)c1)c1ccc2c(c1)COC2. The minimum absolute atomic E-state index is 0.448. The second kappa shape index (κ2) is 5.28. The van der Waals surface area contributed by atoms with Crippen LogP contribution >= 0.6 is 0 Å². The summed E-state index contributed by atoms with van der Waals surface area (Å²) in [6, 6.07) is 8.72. The standard InChI is InChI=1S/C15H14F2N2O/c16-13-4-11(5-14(17)6-13)15(19-18)9-1-2-10-7-20-8-12(10)3-9/h1-6,15,19H,7-8,18H2. The van der Waals surface area contributed by atoms with E-state index in [4.69, 9.17) is 10.6 Å². The highest BCUT2D eigenvalue weighted by Gasteiger charge is 2.18. The van der Waals surface area contributed by atoms with Gasteiger partial charge in [-0.25, -0.2) is 14.2 Å². The van der Waals surface area contributed by atoms with Crippen LogP contribution in [0.3, 0.4) is 0 Å². The molecule has 104 valence electrons. The predicted molar refractivity (Wildman–Crippen MR) is 70.5 cm³/mol. The molecule has 0 bridgehead atoms. The van der Waals surface area contributed by atoms with Gasteiger partial charge < -0.3 is 4.74 Å². The van der Waals surface area contributed by atoms with Crippen molar-refractivity contribution in [3.8, 4) is 0 Å². The first-order valence-electron chi connectivity index (χ1n) is 6.29. The van der Waals surface area contributed by atoms with Gasteiger partial charge in [0.25, 0.3) is 0 Å². The van der Waals surface area contributed by atoms with E-state index >= 15 is 0 Å². The van der Waals surface area contributed by atoms with Crippen LogP contribution in [0, 0.1) is 11.6 Å². The van der Waals surface area contributed by atoms with E-state index in [9.17, 15) is 8.78 Å². The lowest BCUT2D eigenvalue weighted by Crippen LogP contribution is -2.29. The van der Waals surface area contributed by atoms with Crippen molar-refractivity contribution in [2.45, 2.75) is 19.3 Å². The molecule has 1 aliphatic heterocycles. The van der Waals surface area contributed by atoms with Crippen molar-refractivity contribution in [3.05, 3.63) is 70.3 Å². The van der Waals surface area contributed by atoms with Crippen LogP contribution in [0.15, 0.2) is 36.4 Å². The molecule has 2 aromatic rings. The maximum atomic E-state index is 13.3. The fourth-order valence-electron chi connectivity index (χ4n) is 2.50. The minimum atomic E-state index is -0.621. The Labute approximate surface area is 115 Å². The molecule has 3 rings (SSSR count). The van der Waals surface area contributed by atoms with Crippen LogP contribution in [-0.4, -0.2) is 0 Å². The summed E-state index contributed by atoms with van der Waals surface area (Å²) >= 11 is 0. The molecule has 0 aliphatic carbocycles. The molecule has 3 N–H and O–H groups in total. The molecule has 1 unspecified atom stereocenters. The van der Waals surface area contributed by atoms with Crippen molar-refractivity contribution in [2.24, 2.45) is 5.84 Å². The third kappa shape index (κ3) is 2.43. The molecule has 5 heteroatoms. The van der Waals surface area contributed by atoms with E-state index < -0.39 is 17.7 Å². The van der Waals surface area contributed by atoms with Gasteiger partial charge in [-0.3, -0.25) is 5.84 Å². The Bertz CT molecular complexity index is 626. The fraction of sp³-hybridized carbons (Fsp3) is 0.200. The van der Waals surface area contributed by atoms with Crippen LogP contribution in [0.2, 0.25) is 0 Å². The molecular formula is C15H14F2N2O. The zero-order chi connectivity index (χ0) is 14.1. The largest absolute Gasteiger partial charge is 0.372 e. The van der Waals surface area contributed by atoms with Gasteiger partial charge in [0.2, 0.25) is 0 Å². The zero-order valence-corrected chi connectivity index (χ0v) is 10.7. The number of fused-ring (bicyclic) bond motifs is 1. The van der Waals surface area contributed by atoms with Crippen molar-refractivity contribution >= 4 is 0 Å². The van der Waals surface area contributed by atoms with E-state index in [-0.39, 0.29) is 0 Å². The summed E-state index contributed by atoms with van der Waals surface area (Å²) in [7, 11) is 0. The molecule has 1 atom stereocenters. The first kappa shape index (κ1) is 13.2. The van der Waals surface area contributed by atoms with Gasteiger partial charge in [-0.1, -0.05) is 18.2 Å². The molecule has 0 radical (unpaired) electrons. The van der Waals surface area contributed by atoms with Crippen LogP contribution in [0.4, 0.5) is 8.78 Å². The van der Waals surface area contributed by atoms with Gasteiger partial charge in [0, 0.05) is 6.07 Å².